The first-order valence-corrected chi connectivity index (χ1v) is 6.17. The van der Waals surface area contributed by atoms with Gasteiger partial charge in [-0.15, -0.1) is 0 Å². The Balaban J connectivity index is 2.18. The van der Waals surface area contributed by atoms with Gasteiger partial charge in [-0.05, 0) is 32.6 Å². The minimum Gasteiger partial charge on any atom is -0.381 e. The number of ether oxygens (including phenoxy) is 1. The van der Waals surface area contributed by atoms with E-state index >= 15 is 0 Å². The predicted octanol–water partition coefficient (Wildman–Crippen LogP) is 2.02. The van der Waals surface area contributed by atoms with Gasteiger partial charge in [0, 0.05) is 24.2 Å². The summed E-state index contributed by atoms with van der Waals surface area (Å²) >= 11 is 2.02. The Morgan fingerprint density at radius 3 is 2.92 bits per heavy atom. The number of thioether (sulfide) groups is 1. The van der Waals surface area contributed by atoms with Crippen molar-refractivity contribution in [1.82, 2.24) is 0 Å². The lowest BCUT2D eigenvalue weighted by Crippen LogP contribution is -2.26. The Morgan fingerprint density at radius 1 is 1.54 bits per heavy atom. The van der Waals surface area contributed by atoms with E-state index in [1.165, 1.54) is 25.7 Å². The zero-order valence-electron chi connectivity index (χ0n) is 8.66. The fourth-order valence-corrected chi connectivity index (χ4v) is 3.02. The third-order valence-electron chi connectivity index (χ3n) is 2.51. The fraction of sp³-hybridized carbons (Fsp3) is 1.00. The van der Waals surface area contributed by atoms with E-state index in [0.29, 0.717) is 12.1 Å². The maximum absolute atomic E-state index is 5.72. The van der Waals surface area contributed by atoms with E-state index < -0.39 is 0 Å². The van der Waals surface area contributed by atoms with Crippen LogP contribution in [-0.2, 0) is 4.74 Å². The monoisotopic (exact) mass is 203 g/mol. The normalized spacial score (nSPS) is 31.6. The smallest absolute Gasteiger partial charge is 0.0581 e. The topological polar surface area (TPSA) is 35.2 Å². The molecule has 1 aliphatic carbocycles. The van der Waals surface area contributed by atoms with Gasteiger partial charge in [0.15, 0.2) is 0 Å². The highest BCUT2D eigenvalue weighted by molar-refractivity contribution is 7.99. The number of methoxy groups -OCH3 is 1. The largest absolute Gasteiger partial charge is 0.381 e. The van der Waals surface area contributed by atoms with Gasteiger partial charge in [-0.25, -0.2) is 0 Å². The van der Waals surface area contributed by atoms with E-state index in [1.807, 2.05) is 18.9 Å². The molecule has 0 bridgehead atoms. The van der Waals surface area contributed by atoms with E-state index in [9.17, 15) is 0 Å². The molecular formula is C10H21NOS. The lowest BCUT2D eigenvalue weighted by Gasteiger charge is -2.28. The molecule has 0 aromatic heterocycles. The van der Waals surface area contributed by atoms with Crippen LogP contribution in [-0.4, -0.2) is 30.3 Å². The standard InChI is InChI=1S/C10H21NOS/c1-8(11)7-13-10-5-3-4-9(6-10)12-2/h8-10H,3-7,11H2,1-2H3. The summed E-state index contributed by atoms with van der Waals surface area (Å²) in [6.45, 7) is 2.07. The van der Waals surface area contributed by atoms with E-state index in [1.54, 1.807) is 0 Å². The molecule has 3 atom stereocenters. The third kappa shape index (κ3) is 4.34. The van der Waals surface area contributed by atoms with Crippen LogP contribution in [0.15, 0.2) is 0 Å². The number of hydrogen-bond acceptors (Lipinski definition) is 3. The first-order valence-electron chi connectivity index (χ1n) is 5.12. The van der Waals surface area contributed by atoms with Crippen LogP contribution in [0.2, 0.25) is 0 Å². The molecule has 78 valence electrons. The fourth-order valence-electron chi connectivity index (χ4n) is 1.76. The van der Waals surface area contributed by atoms with Crippen LogP contribution in [0.3, 0.4) is 0 Å². The molecule has 1 rings (SSSR count). The summed E-state index contributed by atoms with van der Waals surface area (Å²) in [7, 11) is 1.82. The van der Waals surface area contributed by atoms with Crippen LogP contribution in [0.1, 0.15) is 32.6 Å². The quantitative estimate of drug-likeness (QED) is 0.759. The van der Waals surface area contributed by atoms with Crippen molar-refractivity contribution < 1.29 is 4.74 Å². The van der Waals surface area contributed by atoms with Crippen molar-refractivity contribution >= 4 is 11.8 Å². The van der Waals surface area contributed by atoms with Crippen molar-refractivity contribution in [2.75, 3.05) is 12.9 Å². The molecule has 1 fully saturated rings. The molecule has 3 unspecified atom stereocenters. The Labute approximate surface area is 85.6 Å². The lowest BCUT2D eigenvalue weighted by atomic mass is 9.97. The molecule has 0 amide bonds. The molecular weight excluding hydrogens is 182 g/mol. The molecule has 0 heterocycles. The molecule has 3 heteroatoms. The highest BCUT2D eigenvalue weighted by Crippen LogP contribution is 2.29. The average Bonchev–Trinajstić information content (AvgIpc) is 2.15. The zero-order valence-corrected chi connectivity index (χ0v) is 9.48. The van der Waals surface area contributed by atoms with Crippen LogP contribution in [0.5, 0.6) is 0 Å². The van der Waals surface area contributed by atoms with Crippen LogP contribution in [0.4, 0.5) is 0 Å². The van der Waals surface area contributed by atoms with Gasteiger partial charge < -0.3 is 10.5 Å². The minimum absolute atomic E-state index is 0.327. The second kappa shape index (κ2) is 5.89. The molecule has 2 N–H and O–H groups in total. The molecule has 0 aliphatic heterocycles. The SMILES string of the molecule is COC1CCCC(SCC(C)N)C1. The Morgan fingerprint density at radius 2 is 2.31 bits per heavy atom. The zero-order chi connectivity index (χ0) is 9.68. The van der Waals surface area contributed by atoms with E-state index in [0.717, 1.165) is 11.0 Å². The summed E-state index contributed by atoms with van der Waals surface area (Å²) in [5, 5.41) is 0.782. The summed E-state index contributed by atoms with van der Waals surface area (Å²) in [6.07, 6.45) is 5.62. The Kier molecular flexibility index (Phi) is 5.14. The summed E-state index contributed by atoms with van der Waals surface area (Å²) < 4.78 is 5.38. The predicted molar refractivity (Wildman–Crippen MR) is 59.2 cm³/mol. The lowest BCUT2D eigenvalue weighted by molar-refractivity contribution is 0.0730. The molecule has 0 saturated heterocycles. The van der Waals surface area contributed by atoms with Crippen molar-refractivity contribution in [2.45, 2.75) is 50.0 Å². The number of hydrogen-bond donors (Lipinski definition) is 1. The highest BCUT2D eigenvalue weighted by atomic mass is 32.2. The van der Waals surface area contributed by atoms with Crippen LogP contribution in [0, 0.1) is 0 Å². The van der Waals surface area contributed by atoms with Gasteiger partial charge >= 0.3 is 0 Å². The van der Waals surface area contributed by atoms with Gasteiger partial charge in [-0.2, -0.15) is 11.8 Å². The maximum Gasteiger partial charge on any atom is 0.0581 e. The second-order valence-corrected chi connectivity index (χ2v) is 5.29. The first kappa shape index (κ1) is 11.3. The minimum atomic E-state index is 0.327. The molecule has 13 heavy (non-hydrogen) atoms. The number of rotatable bonds is 4. The number of nitrogens with two attached hydrogens (primary N) is 1. The van der Waals surface area contributed by atoms with E-state index in [2.05, 4.69) is 6.92 Å². The van der Waals surface area contributed by atoms with E-state index in [4.69, 9.17) is 10.5 Å². The van der Waals surface area contributed by atoms with Crippen molar-refractivity contribution in [3.63, 3.8) is 0 Å². The average molecular weight is 203 g/mol. The third-order valence-corrected chi connectivity index (χ3v) is 4.12. The molecule has 0 aromatic rings. The van der Waals surface area contributed by atoms with Gasteiger partial charge in [0.1, 0.15) is 0 Å². The van der Waals surface area contributed by atoms with Crippen molar-refractivity contribution in [3.05, 3.63) is 0 Å². The summed E-state index contributed by atoms with van der Waals surface area (Å²) in [5.74, 6) is 1.08. The van der Waals surface area contributed by atoms with Crippen molar-refractivity contribution in [3.8, 4) is 0 Å². The Hall–Kier alpha value is 0.270. The first-order chi connectivity index (χ1) is 6.22. The van der Waals surface area contributed by atoms with Crippen molar-refractivity contribution in [2.24, 2.45) is 5.73 Å². The van der Waals surface area contributed by atoms with E-state index in [-0.39, 0.29) is 0 Å². The molecule has 0 spiro atoms. The molecule has 0 aromatic carbocycles. The van der Waals surface area contributed by atoms with Gasteiger partial charge in [0.25, 0.3) is 0 Å². The highest BCUT2D eigenvalue weighted by Gasteiger charge is 2.21. The van der Waals surface area contributed by atoms with Gasteiger partial charge in [-0.3, -0.25) is 0 Å². The molecule has 2 nitrogen and oxygen atoms in total. The van der Waals surface area contributed by atoms with Crippen molar-refractivity contribution in [1.29, 1.82) is 0 Å². The molecule has 1 saturated carbocycles. The van der Waals surface area contributed by atoms with Crippen LogP contribution < -0.4 is 5.73 Å². The summed E-state index contributed by atoms with van der Waals surface area (Å²) in [6, 6.07) is 0.327. The Bertz CT molecular complexity index is 141. The van der Waals surface area contributed by atoms with Gasteiger partial charge in [0.2, 0.25) is 0 Å². The van der Waals surface area contributed by atoms with Crippen LogP contribution >= 0.6 is 11.8 Å². The van der Waals surface area contributed by atoms with Crippen LogP contribution in [0.25, 0.3) is 0 Å². The maximum atomic E-state index is 5.72. The molecule has 1 aliphatic rings. The second-order valence-electron chi connectivity index (χ2n) is 3.96. The van der Waals surface area contributed by atoms with Gasteiger partial charge in [-0.1, -0.05) is 0 Å². The summed E-state index contributed by atoms with van der Waals surface area (Å²) in [4.78, 5) is 0. The summed E-state index contributed by atoms with van der Waals surface area (Å²) in [5.41, 5.74) is 5.72. The van der Waals surface area contributed by atoms with Gasteiger partial charge in [0.05, 0.1) is 6.10 Å². The molecule has 0 radical (unpaired) electrons.